The van der Waals surface area contributed by atoms with Crippen molar-refractivity contribution in [3.8, 4) is 0 Å². The molecule has 1 rings (SSSR count). The molecule has 72 valence electrons. The molecule has 1 N–H and O–H groups in total. The second-order valence-corrected chi connectivity index (χ2v) is 3.33. The second-order valence-electron chi connectivity index (χ2n) is 2.42. The number of carbonyl (C=O) groups is 1. The molecule has 0 aromatic carbocycles. The number of hydrogen-bond donors (Lipinski definition) is 1. The van der Waals surface area contributed by atoms with E-state index < -0.39 is 18.3 Å². The number of furan rings is 1. The number of halogens is 3. The molecule has 0 fully saturated rings. The van der Waals surface area contributed by atoms with Gasteiger partial charge in [0.2, 0.25) is 0 Å². The Morgan fingerprint density at radius 3 is 2.69 bits per heavy atom. The number of alkyl halides is 2. The van der Waals surface area contributed by atoms with Crippen LogP contribution in [-0.2, 0) is 11.2 Å². The predicted molar refractivity (Wildman–Crippen MR) is 42.7 cm³/mol. The van der Waals surface area contributed by atoms with Crippen LogP contribution in [0.3, 0.4) is 0 Å². The molecule has 0 saturated carbocycles. The van der Waals surface area contributed by atoms with Gasteiger partial charge in [-0.3, -0.25) is 0 Å². The van der Waals surface area contributed by atoms with Gasteiger partial charge in [0, 0.05) is 0 Å². The summed E-state index contributed by atoms with van der Waals surface area (Å²) in [5.41, 5.74) is 0. The van der Waals surface area contributed by atoms with E-state index in [0.717, 1.165) is 0 Å². The summed E-state index contributed by atoms with van der Waals surface area (Å²) in [6, 6.07) is 1.30. The minimum atomic E-state index is -3.78. The molecule has 0 saturated heterocycles. The van der Waals surface area contributed by atoms with Crippen molar-refractivity contribution in [2.45, 2.75) is 12.3 Å². The van der Waals surface area contributed by atoms with Crippen molar-refractivity contribution < 1.29 is 23.1 Å². The van der Waals surface area contributed by atoms with Crippen LogP contribution >= 0.6 is 15.9 Å². The fourth-order valence-electron chi connectivity index (χ4n) is 0.741. The zero-order chi connectivity index (χ0) is 10.1. The lowest BCUT2D eigenvalue weighted by Gasteiger charge is -2.07. The normalized spacial score (nSPS) is 11.6. The summed E-state index contributed by atoms with van der Waals surface area (Å²) in [6.07, 6.45) is 0.279. The van der Waals surface area contributed by atoms with E-state index in [1.165, 1.54) is 12.3 Å². The van der Waals surface area contributed by atoms with Gasteiger partial charge in [0.05, 0.1) is 10.9 Å². The Morgan fingerprint density at radius 2 is 2.31 bits per heavy atom. The van der Waals surface area contributed by atoms with Crippen LogP contribution in [0.5, 0.6) is 0 Å². The maximum Gasteiger partial charge on any atom is 0.375 e. The first kappa shape index (κ1) is 10.2. The Labute approximate surface area is 80.5 Å². The zero-order valence-corrected chi connectivity index (χ0v) is 7.85. The summed E-state index contributed by atoms with van der Waals surface area (Å²) >= 11 is 2.99. The minimum absolute atomic E-state index is 0.0701. The molecule has 0 atom stereocenters. The fraction of sp³-hybridized carbons (Fsp3) is 0.286. The molecule has 13 heavy (non-hydrogen) atoms. The van der Waals surface area contributed by atoms with E-state index in [-0.39, 0.29) is 5.76 Å². The molecule has 0 spiro atoms. The Morgan fingerprint density at radius 1 is 1.69 bits per heavy atom. The van der Waals surface area contributed by atoms with Gasteiger partial charge < -0.3 is 9.52 Å². The largest absolute Gasteiger partial charge is 0.477 e. The lowest BCUT2D eigenvalue weighted by molar-refractivity contribution is -0.164. The van der Waals surface area contributed by atoms with Crippen LogP contribution in [0.2, 0.25) is 0 Å². The molecule has 1 aromatic rings. The average molecular weight is 255 g/mol. The van der Waals surface area contributed by atoms with Gasteiger partial charge in [-0.1, -0.05) is 0 Å². The lowest BCUT2D eigenvalue weighted by atomic mass is 10.2. The van der Waals surface area contributed by atoms with Gasteiger partial charge in [-0.2, -0.15) is 8.78 Å². The summed E-state index contributed by atoms with van der Waals surface area (Å²) in [6.45, 7) is 0. The smallest absolute Gasteiger partial charge is 0.375 e. The average Bonchev–Trinajstić information content (AvgIpc) is 2.34. The summed E-state index contributed by atoms with van der Waals surface area (Å²) in [5.74, 6) is -6.00. The van der Waals surface area contributed by atoms with Gasteiger partial charge in [-0.05, 0) is 22.0 Å². The van der Waals surface area contributed by atoms with Crippen LogP contribution in [-0.4, -0.2) is 17.0 Å². The molecule has 0 aliphatic heterocycles. The highest BCUT2D eigenvalue weighted by atomic mass is 79.9. The third-order valence-electron chi connectivity index (χ3n) is 1.33. The molecule has 0 unspecified atom stereocenters. The van der Waals surface area contributed by atoms with Gasteiger partial charge in [0.25, 0.3) is 0 Å². The van der Waals surface area contributed by atoms with E-state index in [0.29, 0.717) is 4.47 Å². The molecule has 1 aromatic heterocycles. The van der Waals surface area contributed by atoms with E-state index in [2.05, 4.69) is 20.3 Å². The molecule has 0 radical (unpaired) electrons. The molecular formula is C7H5BrF2O3. The molecule has 0 aliphatic rings. The second kappa shape index (κ2) is 3.45. The van der Waals surface area contributed by atoms with Crippen LogP contribution in [0.4, 0.5) is 8.78 Å². The summed E-state index contributed by atoms with van der Waals surface area (Å²) in [4.78, 5) is 10.0. The highest BCUT2D eigenvalue weighted by Gasteiger charge is 2.39. The van der Waals surface area contributed by atoms with Crippen LogP contribution < -0.4 is 0 Å². The molecule has 6 heteroatoms. The first-order valence-corrected chi connectivity index (χ1v) is 4.05. The molecular weight excluding hydrogens is 250 g/mol. The quantitative estimate of drug-likeness (QED) is 0.901. The number of carboxylic acids is 1. The van der Waals surface area contributed by atoms with Crippen LogP contribution in [0.1, 0.15) is 5.76 Å². The van der Waals surface area contributed by atoms with Gasteiger partial charge >= 0.3 is 11.9 Å². The van der Waals surface area contributed by atoms with Crippen LogP contribution in [0.25, 0.3) is 0 Å². The maximum absolute atomic E-state index is 12.6. The third kappa shape index (κ3) is 2.51. The topological polar surface area (TPSA) is 50.4 Å². The Balaban J connectivity index is 2.74. The Hall–Kier alpha value is -0.910. The van der Waals surface area contributed by atoms with Gasteiger partial charge in [-0.15, -0.1) is 0 Å². The monoisotopic (exact) mass is 254 g/mol. The molecule has 0 amide bonds. The van der Waals surface area contributed by atoms with Crippen molar-refractivity contribution in [1.82, 2.24) is 0 Å². The Kier molecular flexibility index (Phi) is 2.70. The van der Waals surface area contributed by atoms with Crippen molar-refractivity contribution in [3.63, 3.8) is 0 Å². The standard InChI is InChI=1S/C7H5BrF2O3/c8-4-1-5(13-3-4)2-7(9,10)6(11)12/h1,3H,2H2,(H,11,12). The predicted octanol–water partition coefficient (Wildman–Crippen LogP) is 2.30. The van der Waals surface area contributed by atoms with E-state index in [9.17, 15) is 13.6 Å². The van der Waals surface area contributed by atoms with Crippen molar-refractivity contribution in [2.75, 3.05) is 0 Å². The van der Waals surface area contributed by atoms with E-state index >= 15 is 0 Å². The third-order valence-corrected chi connectivity index (χ3v) is 1.75. The molecule has 1 heterocycles. The van der Waals surface area contributed by atoms with E-state index in [4.69, 9.17) is 5.11 Å². The van der Waals surface area contributed by atoms with Crippen LogP contribution in [0, 0.1) is 0 Å². The van der Waals surface area contributed by atoms with Crippen molar-refractivity contribution in [2.24, 2.45) is 0 Å². The maximum atomic E-state index is 12.6. The minimum Gasteiger partial charge on any atom is -0.477 e. The van der Waals surface area contributed by atoms with E-state index in [1.54, 1.807) is 0 Å². The summed E-state index contributed by atoms with van der Waals surface area (Å²) in [7, 11) is 0. The Bertz CT molecular complexity index is 321. The van der Waals surface area contributed by atoms with Crippen molar-refractivity contribution in [3.05, 3.63) is 22.6 Å². The lowest BCUT2D eigenvalue weighted by Crippen LogP contribution is -2.30. The highest BCUT2D eigenvalue weighted by Crippen LogP contribution is 2.23. The van der Waals surface area contributed by atoms with Crippen LogP contribution in [0.15, 0.2) is 21.2 Å². The first-order chi connectivity index (χ1) is 5.92. The van der Waals surface area contributed by atoms with E-state index in [1.807, 2.05) is 0 Å². The number of carboxylic acid groups (broad SMARTS) is 1. The van der Waals surface area contributed by atoms with Gasteiger partial charge in [-0.25, -0.2) is 4.79 Å². The SMILES string of the molecule is O=C(O)C(F)(F)Cc1cc(Br)co1. The van der Waals surface area contributed by atoms with Gasteiger partial charge in [0.1, 0.15) is 12.0 Å². The molecule has 3 nitrogen and oxygen atoms in total. The number of hydrogen-bond acceptors (Lipinski definition) is 2. The van der Waals surface area contributed by atoms with Gasteiger partial charge in [0.15, 0.2) is 0 Å². The highest BCUT2D eigenvalue weighted by molar-refractivity contribution is 9.10. The van der Waals surface area contributed by atoms with Crippen molar-refractivity contribution in [1.29, 1.82) is 0 Å². The number of rotatable bonds is 3. The summed E-state index contributed by atoms with van der Waals surface area (Å²) in [5, 5.41) is 8.11. The molecule has 0 aliphatic carbocycles. The summed E-state index contributed by atoms with van der Waals surface area (Å²) < 4.78 is 30.3. The zero-order valence-electron chi connectivity index (χ0n) is 6.26. The fourth-order valence-corrected chi connectivity index (χ4v) is 1.09. The van der Waals surface area contributed by atoms with Crippen molar-refractivity contribution >= 4 is 21.9 Å². The molecule has 0 bridgehead atoms. The first-order valence-electron chi connectivity index (χ1n) is 3.26. The number of aliphatic carboxylic acids is 1.